The predicted octanol–water partition coefficient (Wildman–Crippen LogP) is 1.97. The summed E-state index contributed by atoms with van der Waals surface area (Å²) in [5.41, 5.74) is 0.210. The van der Waals surface area contributed by atoms with Crippen LogP contribution in [0.4, 0.5) is 0 Å². The molecule has 82 valence electrons. The first-order chi connectivity index (χ1) is 6.24. The molecule has 0 bridgehead atoms. The molecule has 1 aliphatic heterocycles. The van der Waals surface area contributed by atoms with Crippen LogP contribution in [0.25, 0.3) is 0 Å². The highest BCUT2D eigenvalue weighted by Crippen LogP contribution is 2.47. The lowest BCUT2D eigenvalue weighted by atomic mass is 9.64. The molecule has 1 unspecified atom stereocenters. The van der Waals surface area contributed by atoms with Gasteiger partial charge in [-0.3, -0.25) is 9.69 Å². The molecule has 1 atom stereocenters. The van der Waals surface area contributed by atoms with Crippen molar-refractivity contribution >= 4 is 5.97 Å². The minimum absolute atomic E-state index is 0.00787. The van der Waals surface area contributed by atoms with E-state index in [-0.39, 0.29) is 17.0 Å². The highest BCUT2D eigenvalue weighted by atomic mass is 16.4. The van der Waals surface area contributed by atoms with Gasteiger partial charge in [0.2, 0.25) is 0 Å². The van der Waals surface area contributed by atoms with Crippen molar-refractivity contribution in [2.75, 3.05) is 6.54 Å². The lowest BCUT2D eigenvalue weighted by Crippen LogP contribution is -2.72. The Morgan fingerprint density at radius 2 is 1.93 bits per heavy atom. The van der Waals surface area contributed by atoms with E-state index in [1.165, 1.54) is 0 Å². The number of rotatable bonds is 3. The topological polar surface area (TPSA) is 40.5 Å². The zero-order valence-corrected chi connectivity index (χ0v) is 9.79. The van der Waals surface area contributed by atoms with Gasteiger partial charge in [0.15, 0.2) is 0 Å². The number of carbonyl (C=O) groups is 1. The third kappa shape index (κ3) is 1.44. The van der Waals surface area contributed by atoms with Crippen LogP contribution < -0.4 is 0 Å². The van der Waals surface area contributed by atoms with Gasteiger partial charge in [-0.25, -0.2) is 0 Å². The number of nitrogens with zero attached hydrogens (tertiary/aromatic N) is 1. The van der Waals surface area contributed by atoms with E-state index in [9.17, 15) is 4.79 Å². The fraction of sp³-hybridized carbons (Fsp3) is 0.909. The molecule has 0 spiro atoms. The summed E-state index contributed by atoms with van der Waals surface area (Å²) in [6, 6.07) is -0.321. The van der Waals surface area contributed by atoms with E-state index >= 15 is 0 Å². The SMILES string of the molecule is CCC(C(=O)O)N1CC(C)(C)C1(C)C. The Hall–Kier alpha value is -0.570. The standard InChI is InChI=1S/C11H21NO2/c1-6-8(9(13)14)12-7-10(2,3)11(12,4)5/h8H,6-7H2,1-5H3,(H,13,14). The van der Waals surface area contributed by atoms with Crippen molar-refractivity contribution in [1.82, 2.24) is 4.90 Å². The molecule has 3 heteroatoms. The second-order valence-electron chi connectivity index (χ2n) is 5.33. The number of hydrogen-bond donors (Lipinski definition) is 1. The summed E-state index contributed by atoms with van der Waals surface area (Å²) in [7, 11) is 0. The maximum atomic E-state index is 11.0. The summed E-state index contributed by atoms with van der Waals surface area (Å²) < 4.78 is 0. The Bertz CT molecular complexity index is 246. The molecule has 1 N–H and O–H groups in total. The minimum atomic E-state index is -0.698. The smallest absolute Gasteiger partial charge is 0.320 e. The van der Waals surface area contributed by atoms with Crippen molar-refractivity contribution in [3.8, 4) is 0 Å². The molecule has 0 radical (unpaired) electrons. The summed E-state index contributed by atoms with van der Waals surface area (Å²) in [4.78, 5) is 13.1. The van der Waals surface area contributed by atoms with Gasteiger partial charge in [-0.05, 0) is 25.7 Å². The molecule has 1 aliphatic rings. The fourth-order valence-corrected chi connectivity index (χ4v) is 2.14. The normalized spacial score (nSPS) is 26.6. The molecule has 0 aromatic heterocycles. The molecular weight excluding hydrogens is 178 g/mol. The van der Waals surface area contributed by atoms with E-state index in [4.69, 9.17) is 5.11 Å². The first-order valence-electron chi connectivity index (χ1n) is 5.23. The Morgan fingerprint density at radius 1 is 1.43 bits per heavy atom. The van der Waals surface area contributed by atoms with Gasteiger partial charge in [0.25, 0.3) is 0 Å². The number of hydrogen-bond acceptors (Lipinski definition) is 2. The van der Waals surface area contributed by atoms with Crippen molar-refractivity contribution in [2.45, 2.75) is 52.6 Å². The van der Waals surface area contributed by atoms with Crippen LogP contribution in [0.1, 0.15) is 41.0 Å². The molecule has 3 nitrogen and oxygen atoms in total. The van der Waals surface area contributed by atoms with Crippen molar-refractivity contribution in [3.63, 3.8) is 0 Å². The summed E-state index contributed by atoms with van der Waals surface area (Å²) in [6.07, 6.45) is 0.675. The maximum Gasteiger partial charge on any atom is 0.320 e. The van der Waals surface area contributed by atoms with Gasteiger partial charge in [-0.2, -0.15) is 0 Å². The van der Waals surface area contributed by atoms with E-state index in [1.807, 2.05) is 6.92 Å². The van der Waals surface area contributed by atoms with Crippen LogP contribution in [-0.4, -0.2) is 34.1 Å². The Labute approximate surface area is 86.1 Å². The van der Waals surface area contributed by atoms with Gasteiger partial charge in [0.05, 0.1) is 0 Å². The Morgan fingerprint density at radius 3 is 2.14 bits per heavy atom. The quantitative estimate of drug-likeness (QED) is 0.755. The van der Waals surface area contributed by atoms with Crippen LogP contribution in [0, 0.1) is 5.41 Å². The number of carboxylic acids is 1. The molecule has 0 aliphatic carbocycles. The zero-order chi connectivity index (χ0) is 11.1. The Kier molecular flexibility index (Phi) is 2.65. The third-order valence-electron chi connectivity index (χ3n) is 3.99. The Balaban J connectivity index is 2.79. The molecule has 0 saturated carbocycles. The first-order valence-corrected chi connectivity index (χ1v) is 5.23. The molecule has 14 heavy (non-hydrogen) atoms. The molecule has 1 saturated heterocycles. The molecule has 1 fully saturated rings. The summed E-state index contributed by atoms with van der Waals surface area (Å²) in [6.45, 7) is 11.4. The second kappa shape index (κ2) is 3.23. The van der Waals surface area contributed by atoms with Crippen LogP contribution in [0.3, 0.4) is 0 Å². The number of carboxylic acid groups (broad SMARTS) is 1. The van der Waals surface area contributed by atoms with E-state index in [2.05, 4.69) is 32.6 Å². The van der Waals surface area contributed by atoms with Crippen molar-refractivity contribution in [1.29, 1.82) is 0 Å². The summed E-state index contributed by atoms with van der Waals surface area (Å²) in [5.74, 6) is -0.698. The van der Waals surface area contributed by atoms with Crippen LogP contribution in [0.15, 0.2) is 0 Å². The van der Waals surface area contributed by atoms with E-state index in [0.29, 0.717) is 6.42 Å². The summed E-state index contributed by atoms with van der Waals surface area (Å²) >= 11 is 0. The molecule has 1 rings (SSSR count). The van der Waals surface area contributed by atoms with Crippen molar-refractivity contribution < 1.29 is 9.90 Å². The van der Waals surface area contributed by atoms with Gasteiger partial charge in [0.1, 0.15) is 6.04 Å². The van der Waals surface area contributed by atoms with E-state index < -0.39 is 5.97 Å². The molecule has 1 heterocycles. The van der Waals surface area contributed by atoms with Gasteiger partial charge in [0, 0.05) is 12.1 Å². The fourth-order valence-electron chi connectivity index (χ4n) is 2.14. The average Bonchev–Trinajstić information content (AvgIpc) is 2.03. The van der Waals surface area contributed by atoms with Gasteiger partial charge >= 0.3 is 5.97 Å². The van der Waals surface area contributed by atoms with Crippen LogP contribution in [0.5, 0.6) is 0 Å². The van der Waals surface area contributed by atoms with Crippen LogP contribution in [0.2, 0.25) is 0 Å². The lowest BCUT2D eigenvalue weighted by Gasteiger charge is -2.63. The zero-order valence-electron chi connectivity index (χ0n) is 9.79. The molecule has 0 amide bonds. The van der Waals surface area contributed by atoms with E-state index in [0.717, 1.165) is 6.54 Å². The minimum Gasteiger partial charge on any atom is -0.480 e. The lowest BCUT2D eigenvalue weighted by molar-refractivity contribution is -0.172. The first kappa shape index (κ1) is 11.5. The largest absolute Gasteiger partial charge is 0.480 e. The van der Waals surface area contributed by atoms with Crippen LogP contribution in [-0.2, 0) is 4.79 Å². The van der Waals surface area contributed by atoms with E-state index in [1.54, 1.807) is 0 Å². The van der Waals surface area contributed by atoms with Crippen molar-refractivity contribution in [2.24, 2.45) is 5.41 Å². The predicted molar refractivity (Wildman–Crippen MR) is 56.3 cm³/mol. The van der Waals surface area contributed by atoms with Crippen LogP contribution >= 0.6 is 0 Å². The van der Waals surface area contributed by atoms with Crippen molar-refractivity contribution in [3.05, 3.63) is 0 Å². The average molecular weight is 199 g/mol. The number of aliphatic carboxylic acids is 1. The second-order valence-corrected chi connectivity index (χ2v) is 5.33. The van der Waals surface area contributed by atoms with Gasteiger partial charge in [-0.1, -0.05) is 20.8 Å². The maximum absolute atomic E-state index is 11.0. The highest BCUT2D eigenvalue weighted by Gasteiger charge is 2.55. The highest BCUT2D eigenvalue weighted by molar-refractivity contribution is 5.73. The monoisotopic (exact) mass is 199 g/mol. The number of likely N-dealkylation sites (tertiary alicyclic amines) is 1. The van der Waals surface area contributed by atoms with Gasteiger partial charge in [-0.15, -0.1) is 0 Å². The molecular formula is C11H21NO2. The molecule has 0 aromatic carbocycles. The molecule has 0 aromatic rings. The van der Waals surface area contributed by atoms with Gasteiger partial charge < -0.3 is 5.11 Å². The summed E-state index contributed by atoms with van der Waals surface area (Å²) in [5, 5.41) is 9.07. The third-order valence-corrected chi connectivity index (χ3v) is 3.99.